The van der Waals surface area contributed by atoms with Crippen LogP contribution in [0.25, 0.3) is 0 Å². The number of benzene rings is 1. The zero-order chi connectivity index (χ0) is 8.27. The molecule has 1 aromatic carbocycles. The van der Waals surface area contributed by atoms with Gasteiger partial charge in [-0.3, -0.25) is 4.90 Å². The molecule has 1 rings (SSSR count). The number of rotatable bonds is 2. The second-order valence-corrected chi connectivity index (χ2v) is 3.45. The van der Waals surface area contributed by atoms with Crippen LogP contribution in [0.15, 0.2) is 30.3 Å². The van der Waals surface area contributed by atoms with Gasteiger partial charge in [-0.05, 0) is 19.7 Å². The van der Waals surface area contributed by atoms with E-state index in [9.17, 15) is 0 Å². The molecule has 0 aliphatic rings. The number of nitrogens with zero attached hydrogens (tertiary/aromatic N) is 1. The molecule has 0 heterocycles. The summed E-state index contributed by atoms with van der Waals surface area (Å²) in [6, 6.07) is 10.4. The Kier molecular flexibility index (Phi) is 3.04. The zero-order valence-electron chi connectivity index (χ0n) is 6.99. The maximum absolute atomic E-state index is 2.81. The van der Waals surface area contributed by atoms with Gasteiger partial charge in [-0.15, -0.1) is 9.24 Å². The van der Waals surface area contributed by atoms with Gasteiger partial charge in [0.25, 0.3) is 0 Å². The summed E-state index contributed by atoms with van der Waals surface area (Å²) in [6.45, 7) is 0. The van der Waals surface area contributed by atoms with Crippen LogP contribution in [0, 0.1) is 0 Å². The van der Waals surface area contributed by atoms with Crippen LogP contribution in [-0.4, -0.2) is 19.0 Å². The standard InChI is InChI=1S/C9H14NP/c1-10(2)9(11)8-6-4-3-5-7-8/h3-7,9H,11H2,1-2H3. The minimum Gasteiger partial charge on any atom is -0.299 e. The van der Waals surface area contributed by atoms with Gasteiger partial charge in [0.15, 0.2) is 0 Å². The van der Waals surface area contributed by atoms with Crippen molar-refractivity contribution in [2.75, 3.05) is 14.1 Å². The van der Waals surface area contributed by atoms with Crippen LogP contribution < -0.4 is 0 Å². The van der Waals surface area contributed by atoms with Gasteiger partial charge in [0.05, 0.1) is 0 Å². The van der Waals surface area contributed by atoms with Crippen LogP contribution in [0.5, 0.6) is 0 Å². The van der Waals surface area contributed by atoms with Crippen LogP contribution in [0.2, 0.25) is 0 Å². The van der Waals surface area contributed by atoms with Crippen molar-refractivity contribution in [1.29, 1.82) is 0 Å². The third-order valence-corrected chi connectivity index (χ3v) is 2.68. The molecule has 1 aromatic rings. The fraction of sp³-hybridized carbons (Fsp3) is 0.333. The smallest absolute Gasteiger partial charge is 0.0483 e. The first-order valence-electron chi connectivity index (χ1n) is 3.69. The molecular weight excluding hydrogens is 153 g/mol. The molecule has 0 radical (unpaired) electrons. The largest absolute Gasteiger partial charge is 0.299 e. The van der Waals surface area contributed by atoms with E-state index >= 15 is 0 Å². The summed E-state index contributed by atoms with van der Waals surface area (Å²) in [7, 11) is 6.96. The summed E-state index contributed by atoms with van der Waals surface area (Å²) in [5, 5.41) is 0. The van der Waals surface area contributed by atoms with Gasteiger partial charge in [0.2, 0.25) is 0 Å². The lowest BCUT2D eigenvalue weighted by atomic mass is 10.2. The normalized spacial score (nSPS) is 13.5. The van der Waals surface area contributed by atoms with Crippen LogP contribution in [0.4, 0.5) is 0 Å². The highest BCUT2D eigenvalue weighted by Crippen LogP contribution is 2.23. The highest BCUT2D eigenvalue weighted by Gasteiger charge is 2.05. The van der Waals surface area contributed by atoms with Crippen LogP contribution in [-0.2, 0) is 0 Å². The lowest BCUT2D eigenvalue weighted by Gasteiger charge is -2.19. The Labute approximate surface area is 70.6 Å². The molecule has 0 N–H and O–H groups in total. The van der Waals surface area contributed by atoms with Crippen molar-refractivity contribution in [2.24, 2.45) is 0 Å². The molecule has 0 amide bonds. The summed E-state index contributed by atoms with van der Waals surface area (Å²) in [5.74, 6) is 0.427. The van der Waals surface area contributed by atoms with Gasteiger partial charge < -0.3 is 0 Å². The molecule has 0 aliphatic heterocycles. The van der Waals surface area contributed by atoms with E-state index in [-0.39, 0.29) is 0 Å². The van der Waals surface area contributed by atoms with Gasteiger partial charge >= 0.3 is 0 Å². The summed E-state index contributed by atoms with van der Waals surface area (Å²) in [4.78, 5) is 2.17. The average molecular weight is 167 g/mol. The van der Waals surface area contributed by atoms with E-state index < -0.39 is 0 Å². The van der Waals surface area contributed by atoms with E-state index in [0.29, 0.717) is 5.78 Å². The van der Waals surface area contributed by atoms with Crippen molar-refractivity contribution in [3.63, 3.8) is 0 Å². The van der Waals surface area contributed by atoms with Crippen molar-refractivity contribution in [2.45, 2.75) is 5.78 Å². The fourth-order valence-electron chi connectivity index (χ4n) is 0.948. The van der Waals surface area contributed by atoms with Crippen LogP contribution in [0.3, 0.4) is 0 Å². The molecule has 0 saturated heterocycles. The second kappa shape index (κ2) is 3.85. The molecule has 0 saturated carbocycles. The molecule has 2 heteroatoms. The quantitative estimate of drug-likeness (QED) is 0.610. The van der Waals surface area contributed by atoms with Crippen molar-refractivity contribution in [3.05, 3.63) is 35.9 Å². The molecule has 11 heavy (non-hydrogen) atoms. The van der Waals surface area contributed by atoms with E-state index in [0.717, 1.165) is 0 Å². The molecule has 0 fully saturated rings. The van der Waals surface area contributed by atoms with Crippen molar-refractivity contribution < 1.29 is 0 Å². The Bertz CT molecular complexity index is 208. The first-order valence-corrected chi connectivity index (χ1v) is 4.35. The van der Waals surface area contributed by atoms with Gasteiger partial charge in [0, 0.05) is 5.78 Å². The molecule has 0 aromatic heterocycles. The van der Waals surface area contributed by atoms with E-state index in [2.05, 4.69) is 52.5 Å². The molecular formula is C9H14NP. The lowest BCUT2D eigenvalue weighted by Crippen LogP contribution is -2.13. The van der Waals surface area contributed by atoms with Crippen molar-refractivity contribution >= 4 is 9.24 Å². The van der Waals surface area contributed by atoms with E-state index in [1.807, 2.05) is 6.07 Å². The van der Waals surface area contributed by atoms with Crippen molar-refractivity contribution in [3.8, 4) is 0 Å². The lowest BCUT2D eigenvalue weighted by molar-refractivity contribution is 0.391. The summed E-state index contributed by atoms with van der Waals surface area (Å²) >= 11 is 0. The number of hydrogen-bond acceptors (Lipinski definition) is 1. The maximum atomic E-state index is 2.81. The third-order valence-electron chi connectivity index (χ3n) is 1.70. The first kappa shape index (κ1) is 8.70. The SMILES string of the molecule is CN(C)C(P)c1ccccc1. The molecule has 0 spiro atoms. The molecule has 2 atom stereocenters. The predicted molar refractivity (Wildman–Crippen MR) is 52.6 cm³/mol. The maximum Gasteiger partial charge on any atom is 0.0483 e. The Balaban J connectivity index is 2.77. The third kappa shape index (κ3) is 2.28. The highest BCUT2D eigenvalue weighted by molar-refractivity contribution is 7.17. The van der Waals surface area contributed by atoms with E-state index in [4.69, 9.17) is 0 Å². The van der Waals surface area contributed by atoms with Gasteiger partial charge in [-0.1, -0.05) is 30.3 Å². The summed E-state index contributed by atoms with van der Waals surface area (Å²) in [6.07, 6.45) is 0. The molecule has 0 aliphatic carbocycles. The highest BCUT2D eigenvalue weighted by atomic mass is 31.0. The Morgan fingerprint density at radius 3 is 2.18 bits per heavy atom. The molecule has 0 bridgehead atoms. The Hall–Kier alpha value is -0.390. The summed E-state index contributed by atoms with van der Waals surface area (Å²) in [5.41, 5.74) is 1.34. The second-order valence-electron chi connectivity index (χ2n) is 2.82. The zero-order valence-corrected chi connectivity index (χ0v) is 8.14. The minimum absolute atomic E-state index is 0.427. The Morgan fingerprint density at radius 2 is 1.73 bits per heavy atom. The van der Waals surface area contributed by atoms with Crippen molar-refractivity contribution in [1.82, 2.24) is 4.90 Å². The Morgan fingerprint density at radius 1 is 1.18 bits per heavy atom. The monoisotopic (exact) mass is 167 g/mol. The first-order chi connectivity index (χ1) is 5.22. The predicted octanol–water partition coefficient (Wildman–Crippen LogP) is 2.12. The average Bonchev–Trinajstić information content (AvgIpc) is 2.05. The molecule has 2 unspecified atom stereocenters. The van der Waals surface area contributed by atoms with Gasteiger partial charge in [-0.25, -0.2) is 0 Å². The fourth-order valence-corrected chi connectivity index (χ4v) is 1.17. The summed E-state index contributed by atoms with van der Waals surface area (Å²) < 4.78 is 0. The molecule has 1 nitrogen and oxygen atoms in total. The van der Waals surface area contributed by atoms with E-state index in [1.165, 1.54) is 5.56 Å². The van der Waals surface area contributed by atoms with Crippen LogP contribution in [0.1, 0.15) is 11.3 Å². The van der Waals surface area contributed by atoms with Crippen LogP contribution >= 0.6 is 9.24 Å². The van der Waals surface area contributed by atoms with E-state index in [1.54, 1.807) is 0 Å². The van der Waals surface area contributed by atoms with Gasteiger partial charge in [0.1, 0.15) is 0 Å². The molecule has 60 valence electrons. The topological polar surface area (TPSA) is 3.24 Å². The minimum atomic E-state index is 0.427. The number of hydrogen-bond donors (Lipinski definition) is 0. The van der Waals surface area contributed by atoms with Gasteiger partial charge in [-0.2, -0.15) is 0 Å².